The zero-order valence-electron chi connectivity index (χ0n) is 27.4. The Morgan fingerprint density at radius 2 is 0.857 bits per heavy atom. The molecule has 0 fully saturated rings. The first-order chi connectivity index (χ1) is 24.1. The number of aromatic nitrogens is 3. The second-order valence-corrected chi connectivity index (χ2v) is 17.5. The third kappa shape index (κ3) is 4.92. The van der Waals surface area contributed by atoms with Crippen molar-refractivity contribution in [2.45, 2.75) is 13.1 Å². The molecule has 0 N–H and O–H groups in total. The zero-order chi connectivity index (χ0) is 33.0. The summed E-state index contributed by atoms with van der Waals surface area (Å²) in [6, 6.07) is 58.1. The molecule has 0 saturated carbocycles. The van der Waals surface area contributed by atoms with Gasteiger partial charge in [0.15, 0.2) is 17.5 Å². The molecule has 0 unspecified atom stereocenters. The van der Waals surface area contributed by atoms with Crippen molar-refractivity contribution >= 4 is 29.2 Å². The van der Waals surface area contributed by atoms with Crippen LogP contribution in [0.1, 0.15) is 0 Å². The average Bonchev–Trinajstić information content (AvgIpc) is 3.41. The van der Waals surface area contributed by atoms with Gasteiger partial charge in [-0.05, 0) is 54.5 Å². The van der Waals surface area contributed by atoms with Crippen molar-refractivity contribution < 1.29 is 0 Å². The first kappa shape index (κ1) is 29.2. The molecule has 7 aromatic carbocycles. The van der Waals surface area contributed by atoms with Gasteiger partial charge in [-0.2, -0.15) is 0 Å². The van der Waals surface area contributed by atoms with Gasteiger partial charge in [0.2, 0.25) is 0 Å². The Labute approximate surface area is 287 Å². The van der Waals surface area contributed by atoms with Gasteiger partial charge in [0.25, 0.3) is 0 Å². The predicted molar refractivity (Wildman–Crippen MR) is 207 cm³/mol. The molecule has 4 heteroatoms. The van der Waals surface area contributed by atoms with E-state index in [1.165, 1.54) is 37.8 Å². The lowest BCUT2D eigenvalue weighted by molar-refractivity contribution is 1.08. The minimum Gasteiger partial charge on any atom is -0.208 e. The summed E-state index contributed by atoms with van der Waals surface area (Å²) in [5.41, 5.74) is 10.3. The normalized spacial score (nSPS) is 12.9. The van der Waals surface area contributed by atoms with E-state index in [1.807, 2.05) is 6.07 Å². The van der Waals surface area contributed by atoms with Crippen LogP contribution in [0.25, 0.3) is 78.3 Å². The van der Waals surface area contributed by atoms with E-state index in [4.69, 9.17) is 15.0 Å². The molecule has 0 amide bonds. The monoisotopic (exact) mass is 643 g/mol. The summed E-state index contributed by atoms with van der Waals surface area (Å²) in [7, 11) is -2.03. The Kier molecular flexibility index (Phi) is 6.92. The third-order valence-electron chi connectivity index (χ3n) is 9.95. The van der Waals surface area contributed by atoms with Gasteiger partial charge in [0.1, 0.15) is 8.07 Å². The fourth-order valence-corrected chi connectivity index (χ4v) is 11.0. The Morgan fingerprint density at radius 1 is 0.347 bits per heavy atom. The fourth-order valence-electron chi connectivity index (χ4n) is 7.60. The molecule has 0 aliphatic carbocycles. The molecule has 9 rings (SSSR count). The molecule has 8 aromatic rings. The standard InChI is InChI=1S/C45H33N3Si/c1-49(2)41-25-11-10-20-37(41)38-23-13-24-40(42(38)49)45-47-43(46-44(48-45)39-21-9-8-19-36(39)30-14-4-3-5-15-30)33-28-26-32(27-29-33)35-22-12-17-31-16-6-7-18-34(31)35/h3-29H,1-2H3. The van der Waals surface area contributed by atoms with Crippen LogP contribution in [-0.2, 0) is 0 Å². The van der Waals surface area contributed by atoms with Crippen molar-refractivity contribution in [1.29, 1.82) is 0 Å². The van der Waals surface area contributed by atoms with Crippen LogP contribution in [0.5, 0.6) is 0 Å². The highest BCUT2D eigenvalue weighted by Gasteiger charge is 2.39. The lowest BCUT2D eigenvalue weighted by Gasteiger charge is -2.22. The molecule has 0 bridgehead atoms. The molecule has 0 spiro atoms. The van der Waals surface area contributed by atoms with Crippen molar-refractivity contribution in [2.24, 2.45) is 0 Å². The van der Waals surface area contributed by atoms with Crippen LogP contribution in [0, 0.1) is 0 Å². The SMILES string of the molecule is C[Si]1(C)c2ccccc2-c2cccc(-c3nc(-c4ccc(-c5cccc6ccccc56)cc4)nc(-c4ccccc4-c4ccccc4)n3)c21. The maximum Gasteiger partial charge on any atom is 0.164 e. The van der Waals surface area contributed by atoms with E-state index >= 15 is 0 Å². The second kappa shape index (κ2) is 11.6. The topological polar surface area (TPSA) is 38.7 Å². The van der Waals surface area contributed by atoms with Gasteiger partial charge in [-0.1, -0.05) is 177 Å². The summed E-state index contributed by atoms with van der Waals surface area (Å²) in [5.74, 6) is 2.05. The van der Waals surface area contributed by atoms with Crippen LogP contribution in [0.4, 0.5) is 0 Å². The van der Waals surface area contributed by atoms with E-state index in [0.717, 1.165) is 33.4 Å². The van der Waals surface area contributed by atoms with Crippen molar-refractivity contribution in [2.75, 3.05) is 0 Å². The fraction of sp³-hybridized carbons (Fsp3) is 0.0444. The van der Waals surface area contributed by atoms with Crippen LogP contribution in [0.3, 0.4) is 0 Å². The van der Waals surface area contributed by atoms with Crippen LogP contribution in [0.2, 0.25) is 13.1 Å². The summed E-state index contributed by atoms with van der Waals surface area (Å²) in [6.45, 7) is 4.89. The number of rotatable bonds is 5. The van der Waals surface area contributed by atoms with Crippen LogP contribution in [0.15, 0.2) is 164 Å². The highest BCUT2D eigenvalue weighted by molar-refractivity contribution is 7.04. The molecule has 49 heavy (non-hydrogen) atoms. The number of nitrogens with zero attached hydrogens (tertiary/aromatic N) is 3. The number of hydrogen-bond donors (Lipinski definition) is 0. The summed E-state index contributed by atoms with van der Waals surface area (Å²) in [6.07, 6.45) is 0. The highest BCUT2D eigenvalue weighted by Crippen LogP contribution is 2.36. The molecular formula is C45H33N3Si. The summed E-state index contributed by atoms with van der Waals surface area (Å²) in [5, 5.41) is 5.33. The second-order valence-electron chi connectivity index (χ2n) is 13.2. The van der Waals surface area contributed by atoms with Gasteiger partial charge < -0.3 is 0 Å². The lowest BCUT2D eigenvalue weighted by atomic mass is 9.97. The van der Waals surface area contributed by atoms with E-state index in [9.17, 15) is 0 Å². The Morgan fingerprint density at radius 3 is 1.67 bits per heavy atom. The Bertz CT molecular complexity index is 2510. The predicted octanol–water partition coefficient (Wildman–Crippen LogP) is 10.2. The highest BCUT2D eigenvalue weighted by atomic mass is 28.3. The van der Waals surface area contributed by atoms with Crippen LogP contribution < -0.4 is 10.4 Å². The van der Waals surface area contributed by atoms with E-state index in [-0.39, 0.29) is 0 Å². The number of benzene rings is 7. The molecule has 0 saturated heterocycles. The number of fused-ring (bicyclic) bond motifs is 4. The molecule has 1 aliphatic rings. The molecular weight excluding hydrogens is 611 g/mol. The summed E-state index contributed by atoms with van der Waals surface area (Å²) < 4.78 is 0. The van der Waals surface area contributed by atoms with Gasteiger partial charge in [-0.25, -0.2) is 15.0 Å². The Balaban J connectivity index is 1.24. The summed E-state index contributed by atoms with van der Waals surface area (Å²) in [4.78, 5) is 15.7. The van der Waals surface area contributed by atoms with E-state index in [2.05, 4.69) is 171 Å². The van der Waals surface area contributed by atoms with Gasteiger partial charge in [-0.15, -0.1) is 0 Å². The smallest absolute Gasteiger partial charge is 0.164 e. The first-order valence-electron chi connectivity index (χ1n) is 16.8. The lowest BCUT2D eigenvalue weighted by Crippen LogP contribution is -2.50. The minimum absolute atomic E-state index is 0.667. The average molecular weight is 644 g/mol. The molecule has 1 aromatic heterocycles. The van der Waals surface area contributed by atoms with Crippen molar-refractivity contribution in [3.05, 3.63) is 164 Å². The van der Waals surface area contributed by atoms with Gasteiger partial charge >= 0.3 is 0 Å². The first-order valence-corrected chi connectivity index (χ1v) is 19.8. The molecule has 0 atom stereocenters. The molecule has 2 heterocycles. The molecule has 0 radical (unpaired) electrons. The van der Waals surface area contributed by atoms with Crippen LogP contribution in [-0.4, -0.2) is 23.0 Å². The van der Waals surface area contributed by atoms with Gasteiger partial charge in [0.05, 0.1) is 0 Å². The minimum atomic E-state index is -2.03. The molecule has 3 nitrogen and oxygen atoms in total. The number of hydrogen-bond acceptors (Lipinski definition) is 3. The molecule has 1 aliphatic heterocycles. The van der Waals surface area contributed by atoms with E-state index in [0.29, 0.717) is 17.5 Å². The van der Waals surface area contributed by atoms with Gasteiger partial charge in [-0.3, -0.25) is 0 Å². The maximum absolute atomic E-state index is 5.29. The zero-order valence-corrected chi connectivity index (χ0v) is 28.4. The maximum atomic E-state index is 5.29. The van der Waals surface area contributed by atoms with Crippen molar-refractivity contribution in [1.82, 2.24) is 15.0 Å². The van der Waals surface area contributed by atoms with Crippen molar-refractivity contribution in [3.63, 3.8) is 0 Å². The van der Waals surface area contributed by atoms with Crippen molar-refractivity contribution in [3.8, 4) is 67.5 Å². The Hall–Kier alpha value is -5.97. The quantitative estimate of drug-likeness (QED) is 0.175. The largest absolute Gasteiger partial charge is 0.208 e. The van der Waals surface area contributed by atoms with Crippen LogP contribution >= 0.6 is 0 Å². The van der Waals surface area contributed by atoms with Gasteiger partial charge in [0, 0.05) is 16.7 Å². The summed E-state index contributed by atoms with van der Waals surface area (Å²) >= 11 is 0. The van der Waals surface area contributed by atoms with E-state index in [1.54, 1.807) is 0 Å². The molecule has 232 valence electrons. The third-order valence-corrected chi connectivity index (χ3v) is 13.5. The van der Waals surface area contributed by atoms with E-state index < -0.39 is 8.07 Å².